The Hall–Kier alpha value is -3.22. The Labute approximate surface area is 157 Å². The summed E-state index contributed by atoms with van der Waals surface area (Å²) < 4.78 is 6.83. The van der Waals surface area contributed by atoms with Crippen LogP contribution in [-0.4, -0.2) is 33.3 Å². The number of hydrogen-bond acceptors (Lipinski definition) is 5. The van der Waals surface area contributed by atoms with E-state index in [1.54, 1.807) is 24.4 Å². The number of rotatable bonds is 6. The third-order valence-corrected chi connectivity index (χ3v) is 4.11. The molecule has 2 heterocycles. The molecule has 7 nitrogen and oxygen atoms in total. The Morgan fingerprint density at radius 3 is 2.81 bits per heavy atom. The lowest BCUT2D eigenvalue weighted by atomic mass is 10.2. The van der Waals surface area contributed by atoms with Crippen LogP contribution in [0, 0.1) is 6.92 Å². The zero-order valence-corrected chi connectivity index (χ0v) is 15.6. The van der Waals surface area contributed by atoms with Crippen LogP contribution in [0.2, 0.25) is 0 Å². The first-order valence-corrected chi connectivity index (χ1v) is 8.85. The summed E-state index contributed by atoms with van der Waals surface area (Å²) in [7, 11) is 0. The Balaban J connectivity index is 1.76. The Morgan fingerprint density at radius 1 is 1.26 bits per heavy atom. The van der Waals surface area contributed by atoms with Crippen molar-refractivity contribution in [1.29, 1.82) is 0 Å². The topological polar surface area (TPSA) is 86.1 Å². The predicted octanol–water partition coefficient (Wildman–Crippen LogP) is 2.32. The van der Waals surface area contributed by atoms with E-state index in [2.05, 4.69) is 15.4 Å². The number of ether oxygens (including phenoxy) is 1. The number of fused-ring (bicyclic) bond motifs is 1. The molecule has 0 aliphatic heterocycles. The van der Waals surface area contributed by atoms with Gasteiger partial charge in [-0.3, -0.25) is 9.59 Å². The molecule has 0 fully saturated rings. The van der Waals surface area contributed by atoms with Crippen LogP contribution in [0.25, 0.3) is 10.8 Å². The zero-order valence-electron chi connectivity index (χ0n) is 15.6. The fourth-order valence-electron chi connectivity index (χ4n) is 2.82. The van der Waals surface area contributed by atoms with Crippen LogP contribution >= 0.6 is 0 Å². The van der Waals surface area contributed by atoms with Crippen molar-refractivity contribution in [2.45, 2.75) is 33.4 Å². The van der Waals surface area contributed by atoms with Crippen molar-refractivity contribution in [3.8, 4) is 5.88 Å². The number of nitrogens with zero attached hydrogens (tertiary/aromatic N) is 3. The van der Waals surface area contributed by atoms with Gasteiger partial charge >= 0.3 is 0 Å². The number of aromatic nitrogens is 3. The molecule has 0 aliphatic carbocycles. The molecule has 0 bridgehead atoms. The number of carbonyl (C=O) groups excluding carboxylic acids is 1. The van der Waals surface area contributed by atoms with E-state index in [0.717, 1.165) is 11.1 Å². The van der Waals surface area contributed by atoms with Gasteiger partial charge in [-0.15, -0.1) is 0 Å². The molecule has 1 aromatic carbocycles. The van der Waals surface area contributed by atoms with Gasteiger partial charge < -0.3 is 10.1 Å². The fraction of sp³-hybridized carbons (Fsp3) is 0.300. The molecule has 0 saturated heterocycles. The zero-order chi connectivity index (χ0) is 19.4. The molecule has 0 aliphatic rings. The molecule has 7 heteroatoms. The number of nitrogens with one attached hydrogen (secondary N) is 1. The molecular formula is C20H22N4O3. The second kappa shape index (κ2) is 7.99. The summed E-state index contributed by atoms with van der Waals surface area (Å²) >= 11 is 0. The summed E-state index contributed by atoms with van der Waals surface area (Å²) in [5, 5.41) is 8.48. The van der Waals surface area contributed by atoms with Crippen molar-refractivity contribution in [3.05, 3.63) is 64.2 Å². The van der Waals surface area contributed by atoms with E-state index in [1.807, 2.05) is 39.0 Å². The van der Waals surface area contributed by atoms with E-state index in [-0.39, 0.29) is 24.1 Å². The maximum atomic E-state index is 12.6. The molecule has 0 saturated carbocycles. The van der Waals surface area contributed by atoms with Crippen LogP contribution in [0.15, 0.2) is 47.4 Å². The van der Waals surface area contributed by atoms with Gasteiger partial charge in [-0.25, -0.2) is 9.67 Å². The minimum atomic E-state index is -0.306. The highest BCUT2D eigenvalue weighted by molar-refractivity contribution is 5.96. The van der Waals surface area contributed by atoms with E-state index < -0.39 is 0 Å². The average molecular weight is 366 g/mol. The molecule has 3 aromatic rings. The maximum Gasteiger partial charge on any atom is 0.274 e. The number of amides is 1. The molecule has 1 N–H and O–H groups in total. The van der Waals surface area contributed by atoms with E-state index in [1.165, 1.54) is 4.68 Å². The first-order valence-electron chi connectivity index (χ1n) is 8.85. The number of pyridine rings is 1. The highest BCUT2D eigenvalue weighted by atomic mass is 16.5. The van der Waals surface area contributed by atoms with Gasteiger partial charge in [-0.05, 0) is 39.0 Å². The van der Waals surface area contributed by atoms with E-state index in [9.17, 15) is 9.59 Å². The predicted molar refractivity (Wildman–Crippen MR) is 103 cm³/mol. The molecule has 1 atom stereocenters. The Morgan fingerprint density at radius 2 is 2.04 bits per heavy atom. The number of hydrogen-bond donors (Lipinski definition) is 1. The summed E-state index contributed by atoms with van der Waals surface area (Å²) in [5.74, 6) is 0.00971. The molecule has 0 spiro atoms. The minimum absolute atomic E-state index is 0.179. The lowest BCUT2D eigenvalue weighted by Gasteiger charge is -2.16. The quantitative estimate of drug-likeness (QED) is 0.723. The van der Waals surface area contributed by atoms with Crippen LogP contribution < -0.4 is 15.6 Å². The van der Waals surface area contributed by atoms with Gasteiger partial charge in [-0.2, -0.15) is 5.10 Å². The minimum Gasteiger partial charge on any atom is -0.477 e. The lowest BCUT2D eigenvalue weighted by molar-refractivity contribution is 0.0931. The normalized spacial score (nSPS) is 12.0. The van der Waals surface area contributed by atoms with E-state index >= 15 is 0 Å². The van der Waals surface area contributed by atoms with Crippen LogP contribution in [0.3, 0.4) is 0 Å². The highest BCUT2D eigenvalue weighted by Gasteiger charge is 2.17. The van der Waals surface area contributed by atoms with Crippen LogP contribution in [0.5, 0.6) is 5.88 Å². The van der Waals surface area contributed by atoms with Crippen molar-refractivity contribution >= 4 is 16.7 Å². The van der Waals surface area contributed by atoms with Crippen molar-refractivity contribution < 1.29 is 9.53 Å². The van der Waals surface area contributed by atoms with E-state index in [0.29, 0.717) is 23.4 Å². The first kappa shape index (κ1) is 18.6. The SMILES string of the molecule is CCOc1nc(C)ccc1C(=O)N[C@@H](C)Cn1ncc2ccccc2c1=O. The maximum absolute atomic E-state index is 12.6. The van der Waals surface area contributed by atoms with Crippen LogP contribution in [0.1, 0.15) is 29.9 Å². The van der Waals surface area contributed by atoms with Gasteiger partial charge in [0.1, 0.15) is 5.56 Å². The van der Waals surface area contributed by atoms with Crippen LogP contribution in [0.4, 0.5) is 0 Å². The summed E-state index contributed by atoms with van der Waals surface area (Å²) in [6.07, 6.45) is 1.66. The number of benzene rings is 1. The molecule has 0 unspecified atom stereocenters. The lowest BCUT2D eigenvalue weighted by Crippen LogP contribution is -2.39. The second-order valence-corrected chi connectivity index (χ2v) is 6.33. The molecule has 1 amide bonds. The Kier molecular flexibility index (Phi) is 5.49. The number of aryl methyl sites for hydroxylation is 1. The third kappa shape index (κ3) is 4.13. The second-order valence-electron chi connectivity index (χ2n) is 6.33. The summed E-state index contributed by atoms with van der Waals surface area (Å²) in [6, 6.07) is 10.4. The molecule has 0 radical (unpaired) electrons. The largest absolute Gasteiger partial charge is 0.477 e. The summed E-state index contributed by atoms with van der Waals surface area (Å²) in [6.45, 7) is 6.18. The smallest absolute Gasteiger partial charge is 0.274 e. The molecule has 3 rings (SSSR count). The third-order valence-electron chi connectivity index (χ3n) is 4.11. The van der Waals surface area contributed by atoms with Gasteiger partial charge in [0.25, 0.3) is 11.5 Å². The van der Waals surface area contributed by atoms with Gasteiger partial charge in [-0.1, -0.05) is 18.2 Å². The first-order chi connectivity index (χ1) is 13.0. The van der Waals surface area contributed by atoms with Gasteiger partial charge in [0.2, 0.25) is 5.88 Å². The van der Waals surface area contributed by atoms with Crippen molar-refractivity contribution in [1.82, 2.24) is 20.1 Å². The van der Waals surface area contributed by atoms with Gasteiger partial charge in [0, 0.05) is 17.1 Å². The van der Waals surface area contributed by atoms with Gasteiger partial charge in [0.15, 0.2) is 0 Å². The van der Waals surface area contributed by atoms with Crippen molar-refractivity contribution in [3.63, 3.8) is 0 Å². The number of carbonyl (C=O) groups is 1. The van der Waals surface area contributed by atoms with Crippen LogP contribution in [-0.2, 0) is 6.54 Å². The fourth-order valence-corrected chi connectivity index (χ4v) is 2.82. The summed E-state index contributed by atoms with van der Waals surface area (Å²) in [5.41, 5.74) is 0.962. The highest BCUT2D eigenvalue weighted by Crippen LogP contribution is 2.16. The standard InChI is InChI=1S/C20H22N4O3/c1-4-27-19-17(10-9-13(2)23-19)18(25)22-14(3)12-24-20(26)16-8-6-5-7-15(16)11-21-24/h5-11,14H,4,12H2,1-3H3,(H,22,25)/t14-/m0/s1. The molecule has 2 aromatic heterocycles. The molecule has 140 valence electrons. The van der Waals surface area contributed by atoms with Crippen molar-refractivity contribution in [2.75, 3.05) is 6.61 Å². The monoisotopic (exact) mass is 366 g/mol. The van der Waals surface area contributed by atoms with Crippen molar-refractivity contribution in [2.24, 2.45) is 0 Å². The van der Waals surface area contributed by atoms with E-state index in [4.69, 9.17) is 4.74 Å². The molecule has 27 heavy (non-hydrogen) atoms. The average Bonchev–Trinajstić information content (AvgIpc) is 2.64. The molecular weight excluding hydrogens is 344 g/mol. The van der Waals surface area contributed by atoms with Gasteiger partial charge in [0.05, 0.1) is 24.7 Å². The summed E-state index contributed by atoms with van der Waals surface area (Å²) in [4.78, 5) is 29.4. The Bertz CT molecular complexity index is 1030.